The number of benzene rings is 2. The van der Waals surface area contributed by atoms with Crippen molar-refractivity contribution in [2.75, 3.05) is 26.4 Å². The maximum Gasteiger partial charge on any atom is 0.198 e. The summed E-state index contributed by atoms with van der Waals surface area (Å²) in [7, 11) is 0. The van der Waals surface area contributed by atoms with Gasteiger partial charge >= 0.3 is 0 Å². The lowest BCUT2D eigenvalue weighted by atomic mass is 10.0. The Morgan fingerprint density at radius 3 is 2.17 bits per heavy atom. The highest BCUT2D eigenvalue weighted by molar-refractivity contribution is 6.55. The molecule has 0 atom stereocenters. The lowest BCUT2D eigenvalue weighted by molar-refractivity contribution is -0.174. The summed E-state index contributed by atoms with van der Waals surface area (Å²) in [6.07, 6.45) is 1.95. The summed E-state index contributed by atoms with van der Waals surface area (Å²) in [5.41, 5.74) is 0.870. The lowest BCUT2D eigenvalue weighted by Crippen LogP contribution is -2.29. The molecule has 4 nitrogen and oxygen atoms in total. The van der Waals surface area contributed by atoms with E-state index < -0.39 is 5.79 Å². The summed E-state index contributed by atoms with van der Waals surface area (Å²) in [6, 6.07) is 10.6. The first-order valence-corrected chi connectivity index (χ1v) is 10.6. The maximum absolute atomic E-state index is 6.31. The fraction of sp³-hybridized carbons (Fsp3) is 0.300. The van der Waals surface area contributed by atoms with E-state index in [1.54, 1.807) is 24.3 Å². The highest BCUT2D eigenvalue weighted by atomic mass is 35.5. The first-order valence-electron chi connectivity index (χ1n) is 8.69. The van der Waals surface area contributed by atoms with Crippen molar-refractivity contribution in [3.8, 4) is 11.5 Å². The van der Waals surface area contributed by atoms with E-state index >= 15 is 0 Å². The fourth-order valence-corrected chi connectivity index (χ4v) is 3.69. The van der Waals surface area contributed by atoms with Crippen molar-refractivity contribution >= 4 is 58.0 Å². The molecule has 0 aliphatic carbocycles. The molecule has 0 aromatic heterocycles. The largest absolute Gasteiger partial charge is 0.490 e. The second kappa shape index (κ2) is 10.5. The van der Waals surface area contributed by atoms with Crippen LogP contribution in [-0.2, 0) is 15.3 Å². The standard InChI is InChI=1S/C20H17Cl5O4/c21-14-3-1-13(2-4-14)20(28-9-10-29-20)6-8-27-19-16(22)11-15(12-17(19)23)26-7-5-18(24)25/h1-5,11-12H,6-10H2. The average Bonchev–Trinajstić information content (AvgIpc) is 3.14. The Labute approximate surface area is 194 Å². The smallest absolute Gasteiger partial charge is 0.198 e. The van der Waals surface area contributed by atoms with Crippen LogP contribution in [0.3, 0.4) is 0 Å². The van der Waals surface area contributed by atoms with Gasteiger partial charge < -0.3 is 18.9 Å². The van der Waals surface area contributed by atoms with Gasteiger partial charge in [0.1, 0.15) is 16.8 Å². The number of rotatable bonds is 8. The first kappa shape index (κ1) is 22.8. The molecule has 2 aromatic rings. The molecule has 0 N–H and O–H groups in total. The van der Waals surface area contributed by atoms with Crippen molar-refractivity contribution in [2.45, 2.75) is 12.2 Å². The van der Waals surface area contributed by atoms with Crippen LogP contribution in [0.5, 0.6) is 11.5 Å². The summed E-state index contributed by atoms with van der Waals surface area (Å²) >= 11 is 29.7. The lowest BCUT2D eigenvalue weighted by Gasteiger charge is -2.28. The van der Waals surface area contributed by atoms with Crippen molar-refractivity contribution in [3.63, 3.8) is 0 Å². The molecular formula is C20H17Cl5O4. The van der Waals surface area contributed by atoms with Crippen molar-refractivity contribution in [1.29, 1.82) is 0 Å². The molecule has 1 fully saturated rings. The zero-order valence-corrected chi connectivity index (χ0v) is 18.9. The molecule has 0 radical (unpaired) electrons. The van der Waals surface area contributed by atoms with Gasteiger partial charge in [0, 0.05) is 29.1 Å². The van der Waals surface area contributed by atoms with E-state index in [0.717, 1.165) is 5.56 Å². The Morgan fingerprint density at radius 1 is 0.966 bits per heavy atom. The minimum absolute atomic E-state index is 0.119. The third-order valence-electron chi connectivity index (χ3n) is 4.17. The molecule has 0 spiro atoms. The SMILES string of the molecule is ClC(Cl)=CCOc1cc(Cl)c(OCCC2(c3ccc(Cl)cc3)OCCO2)c(Cl)c1. The highest BCUT2D eigenvalue weighted by Gasteiger charge is 2.38. The molecule has 2 aromatic carbocycles. The minimum Gasteiger partial charge on any atom is -0.490 e. The average molecular weight is 499 g/mol. The van der Waals surface area contributed by atoms with Gasteiger partial charge in [0.2, 0.25) is 0 Å². The Hall–Kier alpha value is -0.850. The summed E-state index contributed by atoms with van der Waals surface area (Å²) in [6.45, 7) is 1.45. The van der Waals surface area contributed by atoms with Crippen LogP contribution in [0, 0.1) is 0 Å². The second-order valence-electron chi connectivity index (χ2n) is 6.08. The monoisotopic (exact) mass is 496 g/mol. The number of hydrogen-bond acceptors (Lipinski definition) is 4. The van der Waals surface area contributed by atoms with Crippen molar-refractivity contribution in [1.82, 2.24) is 0 Å². The third kappa shape index (κ3) is 6.08. The van der Waals surface area contributed by atoms with Crippen LogP contribution in [0.25, 0.3) is 0 Å². The van der Waals surface area contributed by atoms with E-state index in [-0.39, 0.29) is 17.7 Å². The molecule has 1 aliphatic rings. The maximum atomic E-state index is 6.31. The van der Waals surface area contributed by atoms with Gasteiger partial charge in [-0.05, 0) is 18.2 Å². The molecule has 0 amide bonds. The molecule has 0 bridgehead atoms. The van der Waals surface area contributed by atoms with Crippen LogP contribution in [0.15, 0.2) is 47.0 Å². The molecule has 156 valence electrons. The third-order valence-corrected chi connectivity index (χ3v) is 5.30. The molecule has 1 aliphatic heterocycles. The summed E-state index contributed by atoms with van der Waals surface area (Å²) in [5, 5.41) is 1.28. The predicted octanol–water partition coefficient (Wildman–Crippen LogP) is 7.01. The van der Waals surface area contributed by atoms with Crippen LogP contribution in [0.4, 0.5) is 0 Å². The molecule has 29 heavy (non-hydrogen) atoms. The van der Waals surface area contributed by atoms with E-state index in [2.05, 4.69) is 0 Å². The summed E-state index contributed by atoms with van der Waals surface area (Å²) < 4.78 is 23.2. The van der Waals surface area contributed by atoms with E-state index in [4.69, 9.17) is 77.0 Å². The Morgan fingerprint density at radius 2 is 1.59 bits per heavy atom. The highest BCUT2D eigenvalue weighted by Crippen LogP contribution is 2.39. The fourth-order valence-electron chi connectivity index (χ4n) is 2.86. The quantitative estimate of drug-likeness (QED) is 0.392. The van der Waals surface area contributed by atoms with Gasteiger partial charge in [-0.1, -0.05) is 70.1 Å². The van der Waals surface area contributed by atoms with Crippen LogP contribution in [0.1, 0.15) is 12.0 Å². The van der Waals surface area contributed by atoms with E-state index in [1.807, 2.05) is 12.1 Å². The Kier molecular flexibility index (Phi) is 8.23. The van der Waals surface area contributed by atoms with Crippen LogP contribution in [0.2, 0.25) is 15.1 Å². The van der Waals surface area contributed by atoms with Gasteiger partial charge in [0.15, 0.2) is 11.5 Å². The van der Waals surface area contributed by atoms with Crippen molar-refractivity contribution < 1.29 is 18.9 Å². The molecule has 1 saturated heterocycles. The Bertz CT molecular complexity index is 837. The number of halogens is 5. The van der Waals surface area contributed by atoms with Gasteiger partial charge in [0.25, 0.3) is 0 Å². The van der Waals surface area contributed by atoms with E-state index in [0.29, 0.717) is 46.2 Å². The minimum atomic E-state index is -0.889. The molecule has 9 heteroatoms. The van der Waals surface area contributed by atoms with Gasteiger partial charge in [-0.15, -0.1) is 0 Å². The molecule has 0 unspecified atom stereocenters. The van der Waals surface area contributed by atoms with Crippen molar-refractivity contribution in [3.05, 3.63) is 67.6 Å². The number of hydrogen-bond donors (Lipinski definition) is 0. The second-order valence-corrected chi connectivity index (χ2v) is 8.33. The van der Waals surface area contributed by atoms with Gasteiger partial charge in [-0.3, -0.25) is 0 Å². The van der Waals surface area contributed by atoms with Gasteiger partial charge in [-0.2, -0.15) is 0 Å². The van der Waals surface area contributed by atoms with Crippen LogP contribution in [-0.4, -0.2) is 26.4 Å². The normalized spacial score (nSPS) is 15.2. The summed E-state index contributed by atoms with van der Waals surface area (Å²) in [4.78, 5) is 0. The molecular weight excluding hydrogens is 481 g/mol. The predicted molar refractivity (Wildman–Crippen MR) is 117 cm³/mol. The van der Waals surface area contributed by atoms with Gasteiger partial charge in [0.05, 0.1) is 29.9 Å². The van der Waals surface area contributed by atoms with Crippen LogP contribution >= 0.6 is 58.0 Å². The zero-order valence-electron chi connectivity index (χ0n) is 15.1. The molecule has 1 heterocycles. The Balaban J connectivity index is 1.65. The number of ether oxygens (including phenoxy) is 4. The zero-order chi connectivity index (χ0) is 20.9. The first-order chi connectivity index (χ1) is 13.9. The van der Waals surface area contributed by atoms with E-state index in [9.17, 15) is 0 Å². The van der Waals surface area contributed by atoms with Gasteiger partial charge in [-0.25, -0.2) is 0 Å². The summed E-state index contributed by atoms with van der Waals surface area (Å²) in [5.74, 6) is -0.0612. The molecule has 0 saturated carbocycles. The topological polar surface area (TPSA) is 36.9 Å². The molecule has 3 rings (SSSR count). The van der Waals surface area contributed by atoms with Crippen molar-refractivity contribution in [2.24, 2.45) is 0 Å². The van der Waals surface area contributed by atoms with Crippen LogP contribution < -0.4 is 9.47 Å². The van der Waals surface area contributed by atoms with E-state index in [1.165, 1.54) is 6.08 Å².